The first-order chi connectivity index (χ1) is 13.0. The van der Waals surface area contributed by atoms with Crippen LogP contribution < -0.4 is 5.43 Å². The van der Waals surface area contributed by atoms with Crippen LogP contribution in [0.5, 0.6) is 0 Å². The number of carbonyl (C=O) groups is 1. The SMILES string of the molecule is Cc1cccc(-n2c(C)cc(/C=N\NC(=O)CSc3ncccn3)c2C)c1. The predicted molar refractivity (Wildman–Crippen MR) is 108 cm³/mol. The molecule has 0 bridgehead atoms. The Labute approximate surface area is 162 Å². The minimum Gasteiger partial charge on any atom is -0.318 e. The van der Waals surface area contributed by atoms with Gasteiger partial charge in [0, 0.05) is 35.0 Å². The highest BCUT2D eigenvalue weighted by Gasteiger charge is 2.10. The Hall–Kier alpha value is -2.93. The van der Waals surface area contributed by atoms with Gasteiger partial charge in [-0.25, -0.2) is 15.4 Å². The van der Waals surface area contributed by atoms with Crippen molar-refractivity contribution in [2.75, 3.05) is 5.75 Å². The molecule has 0 saturated carbocycles. The van der Waals surface area contributed by atoms with E-state index in [-0.39, 0.29) is 11.7 Å². The minimum atomic E-state index is -0.198. The summed E-state index contributed by atoms with van der Waals surface area (Å²) in [7, 11) is 0. The molecule has 0 atom stereocenters. The third kappa shape index (κ3) is 4.83. The minimum absolute atomic E-state index is 0.198. The Balaban J connectivity index is 1.64. The lowest BCUT2D eigenvalue weighted by Crippen LogP contribution is -2.19. The van der Waals surface area contributed by atoms with E-state index in [1.54, 1.807) is 24.7 Å². The van der Waals surface area contributed by atoms with Gasteiger partial charge in [-0.05, 0) is 50.6 Å². The van der Waals surface area contributed by atoms with Crippen LogP contribution in [0.1, 0.15) is 22.5 Å². The summed E-state index contributed by atoms with van der Waals surface area (Å²) < 4.78 is 2.18. The molecule has 0 aliphatic rings. The van der Waals surface area contributed by atoms with Crippen molar-refractivity contribution < 1.29 is 4.79 Å². The maximum Gasteiger partial charge on any atom is 0.250 e. The van der Waals surface area contributed by atoms with Crippen LogP contribution in [0.4, 0.5) is 0 Å². The molecular weight excluding hydrogens is 358 g/mol. The summed E-state index contributed by atoms with van der Waals surface area (Å²) in [5.74, 6) is 0.0140. The maximum atomic E-state index is 11.9. The topological polar surface area (TPSA) is 72.2 Å². The number of hydrazone groups is 1. The van der Waals surface area contributed by atoms with E-state index in [0.717, 1.165) is 22.6 Å². The summed E-state index contributed by atoms with van der Waals surface area (Å²) in [5, 5.41) is 4.66. The third-order valence-corrected chi connectivity index (χ3v) is 4.87. The predicted octanol–water partition coefficient (Wildman–Crippen LogP) is 3.43. The van der Waals surface area contributed by atoms with Crippen LogP contribution in [-0.2, 0) is 4.79 Å². The van der Waals surface area contributed by atoms with Gasteiger partial charge in [-0.3, -0.25) is 4.79 Å². The highest BCUT2D eigenvalue weighted by molar-refractivity contribution is 7.99. The standard InChI is InChI=1S/C20H21N5OS/c1-14-6-4-7-18(10-14)25-15(2)11-17(16(25)3)12-23-24-19(26)13-27-20-21-8-5-9-22-20/h4-12H,13H2,1-3H3,(H,24,26)/b23-12-. The molecule has 138 valence electrons. The number of hydrogen-bond donors (Lipinski definition) is 1. The number of aromatic nitrogens is 3. The van der Waals surface area contributed by atoms with Crippen molar-refractivity contribution in [3.8, 4) is 5.69 Å². The molecule has 2 aromatic heterocycles. The van der Waals surface area contributed by atoms with E-state index in [1.807, 2.05) is 13.0 Å². The molecule has 0 fully saturated rings. The van der Waals surface area contributed by atoms with Crippen LogP contribution in [0.2, 0.25) is 0 Å². The highest BCUT2D eigenvalue weighted by Crippen LogP contribution is 2.20. The Morgan fingerprint density at radius 2 is 1.96 bits per heavy atom. The van der Waals surface area contributed by atoms with Crippen molar-refractivity contribution in [3.05, 3.63) is 71.3 Å². The molecule has 0 radical (unpaired) electrons. The second-order valence-electron chi connectivity index (χ2n) is 6.11. The van der Waals surface area contributed by atoms with Gasteiger partial charge in [0.1, 0.15) is 0 Å². The van der Waals surface area contributed by atoms with E-state index in [0.29, 0.717) is 5.16 Å². The molecule has 0 unspecified atom stereocenters. The molecule has 6 nitrogen and oxygen atoms in total. The molecule has 2 heterocycles. The molecule has 0 saturated heterocycles. The Morgan fingerprint density at radius 1 is 1.19 bits per heavy atom. The molecule has 1 N–H and O–H groups in total. The monoisotopic (exact) mass is 379 g/mol. The second-order valence-corrected chi connectivity index (χ2v) is 7.06. The van der Waals surface area contributed by atoms with Crippen molar-refractivity contribution in [1.29, 1.82) is 0 Å². The van der Waals surface area contributed by atoms with E-state index in [9.17, 15) is 4.79 Å². The lowest BCUT2D eigenvalue weighted by atomic mass is 10.2. The number of benzene rings is 1. The first-order valence-corrected chi connectivity index (χ1v) is 9.51. The summed E-state index contributed by atoms with van der Waals surface area (Å²) in [4.78, 5) is 20.1. The number of rotatable bonds is 6. The molecule has 1 amide bonds. The van der Waals surface area contributed by atoms with Crippen LogP contribution in [0.15, 0.2) is 59.0 Å². The summed E-state index contributed by atoms with van der Waals surface area (Å²) in [6.45, 7) is 6.18. The first kappa shape index (κ1) is 18.8. The fourth-order valence-electron chi connectivity index (χ4n) is 2.78. The van der Waals surface area contributed by atoms with Crippen molar-refractivity contribution >= 4 is 23.9 Å². The van der Waals surface area contributed by atoms with Gasteiger partial charge in [-0.15, -0.1) is 0 Å². The lowest BCUT2D eigenvalue weighted by Gasteiger charge is -2.10. The summed E-state index contributed by atoms with van der Waals surface area (Å²) in [6, 6.07) is 12.1. The molecule has 0 spiro atoms. The number of hydrogen-bond acceptors (Lipinski definition) is 5. The fraction of sp³-hybridized carbons (Fsp3) is 0.200. The van der Waals surface area contributed by atoms with Crippen molar-refractivity contribution in [1.82, 2.24) is 20.0 Å². The van der Waals surface area contributed by atoms with Crippen molar-refractivity contribution in [2.45, 2.75) is 25.9 Å². The summed E-state index contributed by atoms with van der Waals surface area (Å²) in [6.07, 6.45) is 4.97. The average Bonchev–Trinajstić information content (AvgIpc) is 2.94. The van der Waals surface area contributed by atoms with Gasteiger partial charge >= 0.3 is 0 Å². The van der Waals surface area contributed by atoms with Crippen molar-refractivity contribution in [3.63, 3.8) is 0 Å². The van der Waals surface area contributed by atoms with Crippen LogP contribution in [0.3, 0.4) is 0 Å². The largest absolute Gasteiger partial charge is 0.318 e. The zero-order valence-corrected chi connectivity index (χ0v) is 16.3. The number of amides is 1. The summed E-state index contributed by atoms with van der Waals surface area (Å²) in [5.41, 5.74) is 8.03. The van der Waals surface area contributed by atoms with Gasteiger partial charge in [0.15, 0.2) is 5.16 Å². The van der Waals surface area contributed by atoms with E-state index >= 15 is 0 Å². The quantitative estimate of drug-likeness (QED) is 0.308. The van der Waals surface area contributed by atoms with E-state index in [4.69, 9.17) is 0 Å². The number of nitrogens with one attached hydrogen (secondary N) is 1. The van der Waals surface area contributed by atoms with Crippen molar-refractivity contribution in [2.24, 2.45) is 5.10 Å². The molecule has 7 heteroatoms. The van der Waals surface area contributed by atoms with Crippen LogP contribution in [-0.4, -0.2) is 32.4 Å². The maximum absolute atomic E-state index is 11.9. The smallest absolute Gasteiger partial charge is 0.250 e. The summed E-state index contributed by atoms with van der Waals surface area (Å²) >= 11 is 1.27. The van der Waals surface area contributed by atoms with Crippen LogP contribution in [0.25, 0.3) is 5.69 Å². The second kappa shape index (κ2) is 8.64. The van der Waals surface area contributed by atoms with Gasteiger partial charge in [0.25, 0.3) is 5.91 Å². The average molecular weight is 379 g/mol. The zero-order valence-electron chi connectivity index (χ0n) is 15.5. The molecule has 0 aliphatic heterocycles. The number of thioether (sulfide) groups is 1. The van der Waals surface area contributed by atoms with E-state index in [1.165, 1.54) is 17.3 Å². The fourth-order valence-corrected chi connectivity index (χ4v) is 3.37. The van der Waals surface area contributed by atoms with Gasteiger partial charge in [0.2, 0.25) is 0 Å². The Morgan fingerprint density at radius 3 is 2.70 bits per heavy atom. The molecule has 3 rings (SSSR count). The zero-order chi connectivity index (χ0) is 19.2. The number of nitrogens with zero attached hydrogens (tertiary/aromatic N) is 4. The molecule has 0 aliphatic carbocycles. The van der Waals surface area contributed by atoms with Gasteiger partial charge in [-0.1, -0.05) is 23.9 Å². The normalized spacial score (nSPS) is 11.1. The lowest BCUT2D eigenvalue weighted by molar-refractivity contribution is -0.118. The van der Waals surface area contributed by atoms with Crippen LogP contribution >= 0.6 is 11.8 Å². The molecule has 27 heavy (non-hydrogen) atoms. The van der Waals surface area contributed by atoms with Gasteiger partial charge in [-0.2, -0.15) is 5.10 Å². The molecular formula is C20H21N5OS. The van der Waals surface area contributed by atoms with Gasteiger partial charge in [0.05, 0.1) is 12.0 Å². The van der Waals surface area contributed by atoms with E-state index in [2.05, 4.69) is 63.2 Å². The Bertz CT molecular complexity index is 966. The van der Waals surface area contributed by atoms with Gasteiger partial charge < -0.3 is 4.57 Å². The Kier molecular flexibility index (Phi) is 6.03. The first-order valence-electron chi connectivity index (χ1n) is 8.52. The highest BCUT2D eigenvalue weighted by atomic mass is 32.2. The number of aryl methyl sites for hydroxylation is 2. The third-order valence-electron chi connectivity index (χ3n) is 4.00. The number of carbonyl (C=O) groups excluding carboxylic acids is 1. The molecule has 1 aromatic carbocycles. The van der Waals surface area contributed by atoms with E-state index < -0.39 is 0 Å². The van der Waals surface area contributed by atoms with Crippen LogP contribution in [0, 0.1) is 20.8 Å². The molecule has 3 aromatic rings.